The molecule has 6 heteroatoms. The zero-order valence-corrected chi connectivity index (χ0v) is 18.9. The van der Waals surface area contributed by atoms with Gasteiger partial charge in [-0.1, -0.05) is 80.4 Å². The van der Waals surface area contributed by atoms with Crippen LogP contribution in [0.5, 0.6) is 0 Å². The molecular formula is C26H35NO5. The smallest absolute Gasteiger partial charge is 0.345 e. The Labute approximate surface area is 190 Å². The molecule has 2 aliphatic rings. The lowest BCUT2D eigenvalue weighted by Gasteiger charge is -2.20. The van der Waals surface area contributed by atoms with Gasteiger partial charge >= 0.3 is 5.97 Å². The van der Waals surface area contributed by atoms with E-state index in [9.17, 15) is 14.7 Å². The first-order valence-electron chi connectivity index (χ1n) is 12.0. The highest BCUT2D eigenvalue weighted by atomic mass is 16.6. The maximum absolute atomic E-state index is 11.9. The number of carbonyl (C=O) groups excluding carboxylic acids is 2. The minimum absolute atomic E-state index is 0.153. The fourth-order valence-electron chi connectivity index (χ4n) is 4.43. The van der Waals surface area contributed by atoms with Crippen molar-refractivity contribution in [3.63, 3.8) is 0 Å². The van der Waals surface area contributed by atoms with Crippen LogP contribution in [0, 0.1) is 5.92 Å². The molecule has 1 atom stereocenters. The van der Waals surface area contributed by atoms with Gasteiger partial charge in [0.1, 0.15) is 17.9 Å². The fourth-order valence-corrected chi connectivity index (χ4v) is 4.43. The van der Waals surface area contributed by atoms with Crippen molar-refractivity contribution in [2.75, 3.05) is 6.61 Å². The molecular weight excluding hydrogens is 406 g/mol. The van der Waals surface area contributed by atoms with E-state index in [1.54, 1.807) is 0 Å². The molecule has 1 saturated heterocycles. The van der Waals surface area contributed by atoms with Crippen LogP contribution in [0.4, 0.5) is 0 Å². The molecule has 1 aliphatic heterocycles. The SMILES string of the molecule is O=C1COC(=O)/C1=C(/O)CCC1CCCCCCCCCC/C1=N/OCc1ccccc1. The molecule has 0 amide bonds. The van der Waals surface area contributed by atoms with E-state index in [0.717, 1.165) is 37.0 Å². The van der Waals surface area contributed by atoms with Gasteiger partial charge in [-0.2, -0.15) is 0 Å². The average Bonchev–Trinajstić information content (AvgIpc) is 3.13. The zero-order valence-electron chi connectivity index (χ0n) is 18.9. The first-order chi connectivity index (χ1) is 15.6. The van der Waals surface area contributed by atoms with E-state index < -0.39 is 11.8 Å². The van der Waals surface area contributed by atoms with Crippen LogP contribution in [0.3, 0.4) is 0 Å². The number of hydrogen-bond acceptors (Lipinski definition) is 6. The molecule has 32 heavy (non-hydrogen) atoms. The number of allylic oxidation sites excluding steroid dienone is 1. The normalized spacial score (nSPS) is 23.9. The maximum atomic E-state index is 11.9. The number of carbonyl (C=O) groups is 2. The average molecular weight is 442 g/mol. The molecule has 0 spiro atoms. The van der Waals surface area contributed by atoms with Gasteiger partial charge in [-0.3, -0.25) is 4.79 Å². The van der Waals surface area contributed by atoms with Gasteiger partial charge in [-0.25, -0.2) is 4.79 Å². The Hall–Kier alpha value is -2.63. The van der Waals surface area contributed by atoms with E-state index in [1.807, 2.05) is 30.3 Å². The number of nitrogens with zero attached hydrogens (tertiary/aromatic N) is 1. The second-order valence-electron chi connectivity index (χ2n) is 8.77. The molecule has 1 aromatic rings. The number of rotatable bonds is 6. The van der Waals surface area contributed by atoms with E-state index in [-0.39, 0.29) is 30.3 Å². The zero-order chi connectivity index (χ0) is 22.6. The van der Waals surface area contributed by atoms with Crippen LogP contribution in [0.25, 0.3) is 0 Å². The summed E-state index contributed by atoms with van der Waals surface area (Å²) in [7, 11) is 0. The van der Waals surface area contributed by atoms with E-state index >= 15 is 0 Å². The number of Topliss-reactive ketones (excluding diaryl/α,β-unsaturated/α-hetero) is 1. The maximum Gasteiger partial charge on any atom is 0.345 e. The molecule has 1 aliphatic carbocycles. The molecule has 0 bridgehead atoms. The van der Waals surface area contributed by atoms with Gasteiger partial charge in [0.15, 0.2) is 6.61 Å². The number of aliphatic hydroxyl groups excluding tert-OH is 1. The van der Waals surface area contributed by atoms with E-state index in [1.165, 1.54) is 38.5 Å². The van der Waals surface area contributed by atoms with Crippen molar-refractivity contribution in [1.82, 2.24) is 0 Å². The summed E-state index contributed by atoms with van der Waals surface area (Å²) in [5.41, 5.74) is 1.92. The van der Waals surface area contributed by atoms with Crippen molar-refractivity contribution in [3.05, 3.63) is 47.2 Å². The summed E-state index contributed by atoms with van der Waals surface area (Å²) in [6, 6.07) is 9.97. The minimum atomic E-state index is -0.716. The Balaban J connectivity index is 1.70. The van der Waals surface area contributed by atoms with Crippen LogP contribution in [0.1, 0.15) is 82.6 Å². The number of cyclic esters (lactones) is 1. The van der Waals surface area contributed by atoms with E-state index in [4.69, 9.17) is 9.57 Å². The van der Waals surface area contributed by atoms with Gasteiger partial charge in [0, 0.05) is 12.3 Å². The number of ketones is 1. The summed E-state index contributed by atoms with van der Waals surface area (Å²) in [5, 5.41) is 15.0. The third kappa shape index (κ3) is 7.50. The minimum Gasteiger partial charge on any atom is -0.511 e. The van der Waals surface area contributed by atoms with Crippen LogP contribution in [0.2, 0.25) is 0 Å². The number of benzene rings is 1. The molecule has 1 unspecified atom stereocenters. The number of oxime groups is 1. The molecule has 1 saturated carbocycles. The van der Waals surface area contributed by atoms with Crippen molar-refractivity contribution in [2.24, 2.45) is 11.1 Å². The predicted octanol–water partition coefficient (Wildman–Crippen LogP) is 5.81. The number of hydrogen-bond donors (Lipinski definition) is 1. The van der Waals surface area contributed by atoms with E-state index in [0.29, 0.717) is 13.0 Å². The van der Waals surface area contributed by atoms with Crippen molar-refractivity contribution >= 4 is 17.5 Å². The fraction of sp³-hybridized carbons (Fsp3) is 0.577. The number of esters is 1. The third-order valence-electron chi connectivity index (χ3n) is 6.30. The van der Waals surface area contributed by atoms with Crippen molar-refractivity contribution in [3.8, 4) is 0 Å². The van der Waals surface area contributed by atoms with Crippen molar-refractivity contribution < 1.29 is 24.3 Å². The molecule has 2 fully saturated rings. The molecule has 1 N–H and O–H groups in total. The van der Waals surface area contributed by atoms with Gasteiger partial charge in [0.25, 0.3) is 0 Å². The lowest BCUT2D eigenvalue weighted by atomic mass is 9.87. The van der Waals surface area contributed by atoms with Crippen LogP contribution < -0.4 is 0 Å². The van der Waals surface area contributed by atoms with Crippen molar-refractivity contribution in [1.29, 1.82) is 0 Å². The van der Waals surface area contributed by atoms with Crippen molar-refractivity contribution in [2.45, 2.75) is 83.7 Å². The van der Waals surface area contributed by atoms with Gasteiger partial charge in [0.2, 0.25) is 5.78 Å². The predicted molar refractivity (Wildman–Crippen MR) is 123 cm³/mol. The lowest BCUT2D eigenvalue weighted by Crippen LogP contribution is -2.17. The molecule has 3 rings (SSSR count). The second kappa shape index (κ2) is 13.0. The first-order valence-corrected chi connectivity index (χ1v) is 12.0. The Kier molecular flexibility index (Phi) is 9.79. The molecule has 6 nitrogen and oxygen atoms in total. The monoisotopic (exact) mass is 441 g/mol. The Morgan fingerprint density at radius 3 is 2.38 bits per heavy atom. The summed E-state index contributed by atoms with van der Waals surface area (Å²) in [6.45, 7) is 0.147. The van der Waals surface area contributed by atoms with Crippen LogP contribution in [-0.4, -0.2) is 29.2 Å². The highest BCUT2D eigenvalue weighted by Gasteiger charge is 2.32. The van der Waals surface area contributed by atoms with E-state index in [2.05, 4.69) is 5.16 Å². The van der Waals surface area contributed by atoms with Crippen LogP contribution in [-0.2, 0) is 25.8 Å². The lowest BCUT2D eigenvalue weighted by molar-refractivity contribution is -0.135. The third-order valence-corrected chi connectivity index (χ3v) is 6.30. The largest absolute Gasteiger partial charge is 0.511 e. The summed E-state index contributed by atoms with van der Waals surface area (Å²) in [6.07, 6.45) is 12.4. The first kappa shape index (κ1) is 24.0. The Bertz CT molecular complexity index is 797. The molecule has 0 radical (unpaired) electrons. The standard InChI is InChI=1S/C26H35NO5/c28-23(25-24(29)19-31-26(25)30)17-16-21-14-10-5-3-1-2-4-6-11-15-22(21)27-32-18-20-12-8-7-9-13-20/h7-9,12-13,21,28H,1-6,10-11,14-19H2/b25-23+,27-22-. The highest BCUT2D eigenvalue weighted by Crippen LogP contribution is 2.26. The van der Waals surface area contributed by atoms with Crippen LogP contribution in [0.15, 0.2) is 46.8 Å². The molecule has 1 heterocycles. The number of aliphatic hydroxyl groups is 1. The number of ether oxygens (including phenoxy) is 1. The molecule has 1 aromatic carbocycles. The second-order valence-corrected chi connectivity index (χ2v) is 8.77. The van der Waals surface area contributed by atoms with Gasteiger partial charge in [0.05, 0.1) is 5.71 Å². The molecule has 0 aromatic heterocycles. The summed E-state index contributed by atoms with van der Waals surface area (Å²) >= 11 is 0. The Morgan fingerprint density at radius 2 is 1.69 bits per heavy atom. The highest BCUT2D eigenvalue weighted by molar-refractivity contribution is 6.22. The van der Waals surface area contributed by atoms with Crippen LogP contribution >= 0.6 is 0 Å². The summed E-state index contributed by atoms with van der Waals surface area (Å²) < 4.78 is 4.75. The van der Waals surface area contributed by atoms with Gasteiger partial charge in [-0.05, 0) is 31.2 Å². The Morgan fingerprint density at radius 1 is 1.00 bits per heavy atom. The quantitative estimate of drug-likeness (QED) is 0.198. The van der Waals surface area contributed by atoms with Gasteiger partial charge in [-0.15, -0.1) is 0 Å². The topological polar surface area (TPSA) is 85.2 Å². The summed E-state index contributed by atoms with van der Waals surface area (Å²) in [4.78, 5) is 29.4. The summed E-state index contributed by atoms with van der Waals surface area (Å²) in [5.74, 6) is -1.16. The molecule has 174 valence electrons. The van der Waals surface area contributed by atoms with Gasteiger partial charge < -0.3 is 14.7 Å².